The number of aliphatic hydroxyl groups is 1. The summed E-state index contributed by atoms with van der Waals surface area (Å²) >= 11 is 0. The van der Waals surface area contributed by atoms with Gasteiger partial charge in [-0.3, -0.25) is 0 Å². The van der Waals surface area contributed by atoms with E-state index in [1.54, 1.807) is 6.92 Å². The number of imidazole rings is 1. The minimum absolute atomic E-state index is 0.196. The van der Waals surface area contributed by atoms with Crippen molar-refractivity contribution in [1.29, 1.82) is 0 Å². The van der Waals surface area contributed by atoms with E-state index in [9.17, 15) is 5.11 Å². The van der Waals surface area contributed by atoms with Crippen LogP contribution in [0.15, 0.2) is 30.3 Å². The van der Waals surface area contributed by atoms with Crippen molar-refractivity contribution in [3.05, 3.63) is 47.5 Å². The van der Waals surface area contributed by atoms with Crippen molar-refractivity contribution in [3.8, 4) is 5.69 Å². The van der Waals surface area contributed by atoms with Gasteiger partial charge >= 0.3 is 0 Å². The second-order valence-electron chi connectivity index (χ2n) is 3.65. The lowest BCUT2D eigenvalue weighted by molar-refractivity contribution is -0.491. The minimum atomic E-state index is -1.77. The fourth-order valence-corrected chi connectivity index (χ4v) is 1.85. The summed E-state index contributed by atoms with van der Waals surface area (Å²) < 4.78 is 1.86. The molecule has 16 heavy (non-hydrogen) atoms. The first-order valence-electron chi connectivity index (χ1n) is 5.06. The predicted octanol–water partition coefficient (Wildman–Crippen LogP) is 0.840. The summed E-state index contributed by atoms with van der Waals surface area (Å²) in [6.45, 7) is 3.59. The number of para-hydroxylation sites is 1. The summed E-state index contributed by atoms with van der Waals surface area (Å²) in [6, 6.07) is 9.63. The zero-order valence-corrected chi connectivity index (χ0v) is 9.21. The molecule has 84 valence electrons. The normalized spacial score (nSPS) is 12.8. The van der Waals surface area contributed by atoms with E-state index >= 15 is 0 Å². The lowest BCUT2D eigenvalue weighted by Crippen LogP contribution is -2.15. The Hall–Kier alpha value is -1.65. The maximum atomic E-state index is 11.0. The average Bonchev–Trinajstić information content (AvgIpc) is 2.56. The molecule has 2 rings (SSSR count). The molecule has 1 unspecified atom stereocenters. The zero-order chi connectivity index (χ0) is 11.7. The van der Waals surface area contributed by atoms with Crippen LogP contribution >= 0.6 is 0 Å². The summed E-state index contributed by atoms with van der Waals surface area (Å²) in [5.74, 6) is 0.702. The van der Waals surface area contributed by atoms with Gasteiger partial charge in [0.1, 0.15) is 5.82 Å². The van der Waals surface area contributed by atoms with Crippen molar-refractivity contribution < 1.29 is 10.2 Å². The van der Waals surface area contributed by atoms with Gasteiger partial charge in [0, 0.05) is 17.7 Å². The Bertz CT molecular complexity index is 489. The summed E-state index contributed by atoms with van der Waals surface area (Å²) in [4.78, 5) is 4.09. The highest BCUT2D eigenvalue weighted by Crippen LogP contribution is 2.19. The Morgan fingerprint density at radius 1 is 1.25 bits per heavy atom. The van der Waals surface area contributed by atoms with Gasteiger partial charge in [-0.25, -0.2) is 4.98 Å². The molecule has 1 N–H and O–H groups in total. The molecule has 1 aromatic carbocycles. The highest BCUT2D eigenvalue weighted by atomic mass is 16.5. The van der Waals surface area contributed by atoms with Crippen molar-refractivity contribution >= 4 is 0 Å². The summed E-state index contributed by atoms with van der Waals surface area (Å²) in [5.41, 5.74) is 1.82. The van der Waals surface area contributed by atoms with Gasteiger partial charge in [0.2, 0.25) is 0 Å². The van der Waals surface area contributed by atoms with Gasteiger partial charge in [-0.05, 0) is 26.0 Å². The van der Waals surface area contributed by atoms with Gasteiger partial charge in [0.25, 0.3) is 0 Å². The Balaban J connectivity index is 2.58. The molecule has 4 heteroatoms. The molecular formula is C12H13N2O2-. The first-order chi connectivity index (χ1) is 7.61. The van der Waals surface area contributed by atoms with Crippen molar-refractivity contribution in [2.45, 2.75) is 20.1 Å². The van der Waals surface area contributed by atoms with Crippen LogP contribution in [0.25, 0.3) is 5.69 Å². The van der Waals surface area contributed by atoms with E-state index in [1.165, 1.54) is 0 Å². The molecule has 0 aliphatic heterocycles. The van der Waals surface area contributed by atoms with Crippen LogP contribution in [0.5, 0.6) is 0 Å². The van der Waals surface area contributed by atoms with E-state index in [4.69, 9.17) is 5.11 Å². The molecule has 0 spiro atoms. The monoisotopic (exact) mass is 217 g/mol. The molecule has 1 aromatic heterocycles. The van der Waals surface area contributed by atoms with Crippen molar-refractivity contribution in [2.24, 2.45) is 0 Å². The molecule has 0 saturated carbocycles. The molecule has 0 aliphatic carbocycles. The first kappa shape index (κ1) is 10.9. The van der Waals surface area contributed by atoms with Crippen LogP contribution in [0.1, 0.15) is 23.5 Å². The van der Waals surface area contributed by atoms with Crippen LogP contribution < -0.4 is 5.11 Å². The number of nitrogens with zero attached hydrogens (tertiary/aromatic N) is 2. The Morgan fingerprint density at radius 2 is 1.88 bits per heavy atom. The molecule has 0 amide bonds. The molecule has 0 fully saturated rings. The van der Waals surface area contributed by atoms with Crippen molar-refractivity contribution in [1.82, 2.24) is 9.55 Å². The van der Waals surface area contributed by atoms with E-state index in [0.717, 1.165) is 5.69 Å². The number of aliphatic hydroxyl groups excluding tert-OH is 1. The molecule has 0 bridgehead atoms. The Morgan fingerprint density at radius 3 is 2.38 bits per heavy atom. The number of benzene rings is 1. The van der Waals surface area contributed by atoms with Crippen LogP contribution in [0.2, 0.25) is 0 Å². The van der Waals surface area contributed by atoms with E-state index in [-0.39, 0.29) is 5.69 Å². The molecule has 0 saturated heterocycles. The maximum absolute atomic E-state index is 11.0. The maximum Gasteiger partial charge on any atom is 0.110 e. The summed E-state index contributed by atoms with van der Waals surface area (Å²) in [6.07, 6.45) is -1.77. The van der Waals surface area contributed by atoms with Crippen molar-refractivity contribution in [3.63, 3.8) is 0 Å². The highest BCUT2D eigenvalue weighted by molar-refractivity contribution is 5.37. The van der Waals surface area contributed by atoms with Crippen LogP contribution in [0.3, 0.4) is 0 Å². The third kappa shape index (κ3) is 1.73. The number of hydrogen-bond acceptors (Lipinski definition) is 3. The lowest BCUT2D eigenvalue weighted by Gasteiger charge is -2.13. The van der Waals surface area contributed by atoms with Crippen LogP contribution in [-0.2, 0) is 0 Å². The number of aromatic nitrogens is 2. The molecular weight excluding hydrogens is 204 g/mol. The quantitative estimate of drug-likeness (QED) is 0.758. The first-order valence-corrected chi connectivity index (χ1v) is 5.06. The van der Waals surface area contributed by atoms with Gasteiger partial charge in [0.15, 0.2) is 0 Å². The van der Waals surface area contributed by atoms with Crippen LogP contribution in [0, 0.1) is 13.8 Å². The van der Waals surface area contributed by atoms with Gasteiger partial charge in [0.05, 0.1) is 5.69 Å². The highest BCUT2D eigenvalue weighted by Gasteiger charge is 2.12. The largest absolute Gasteiger partial charge is 0.827 e. The lowest BCUT2D eigenvalue weighted by atomic mass is 10.3. The zero-order valence-electron chi connectivity index (χ0n) is 9.21. The molecule has 2 aromatic rings. The predicted molar refractivity (Wildman–Crippen MR) is 58.0 cm³/mol. The smallest absolute Gasteiger partial charge is 0.110 e. The van der Waals surface area contributed by atoms with E-state index in [1.807, 2.05) is 41.8 Å². The molecule has 0 radical (unpaired) electrons. The molecule has 1 heterocycles. The van der Waals surface area contributed by atoms with Gasteiger partial charge < -0.3 is 14.8 Å². The summed E-state index contributed by atoms with van der Waals surface area (Å²) in [7, 11) is 0. The van der Waals surface area contributed by atoms with E-state index in [2.05, 4.69) is 4.98 Å². The average molecular weight is 217 g/mol. The van der Waals surface area contributed by atoms with E-state index in [0.29, 0.717) is 11.5 Å². The Kier molecular flexibility index (Phi) is 2.77. The molecule has 4 nitrogen and oxygen atoms in total. The fourth-order valence-electron chi connectivity index (χ4n) is 1.85. The summed E-state index contributed by atoms with van der Waals surface area (Å²) in [5, 5.41) is 20.1. The molecule has 0 aliphatic rings. The minimum Gasteiger partial charge on any atom is -0.827 e. The second-order valence-corrected chi connectivity index (χ2v) is 3.65. The van der Waals surface area contributed by atoms with E-state index < -0.39 is 6.29 Å². The van der Waals surface area contributed by atoms with Crippen molar-refractivity contribution in [2.75, 3.05) is 0 Å². The number of rotatable bonds is 2. The van der Waals surface area contributed by atoms with Crippen LogP contribution in [-0.4, -0.2) is 14.7 Å². The van der Waals surface area contributed by atoms with Gasteiger partial charge in [-0.1, -0.05) is 18.2 Å². The van der Waals surface area contributed by atoms with Crippen LogP contribution in [0.4, 0.5) is 0 Å². The second kappa shape index (κ2) is 4.08. The molecule has 1 atom stereocenters. The standard InChI is InChI=1S/C12H13N2O2/c1-8-11(12(15)16)13-9(2)14(8)10-6-4-3-5-7-10/h3-7,12,15H,1-2H3/q-1. The third-order valence-electron chi connectivity index (χ3n) is 2.56. The van der Waals surface area contributed by atoms with Gasteiger partial charge in [-0.2, -0.15) is 0 Å². The Labute approximate surface area is 93.8 Å². The third-order valence-corrected chi connectivity index (χ3v) is 2.56. The number of hydrogen-bond donors (Lipinski definition) is 1. The fraction of sp³-hybridized carbons (Fsp3) is 0.250. The SMILES string of the molecule is Cc1nc(C([O-])O)c(C)n1-c1ccccc1. The van der Waals surface area contributed by atoms with Gasteiger partial charge in [-0.15, -0.1) is 0 Å². The topological polar surface area (TPSA) is 61.1 Å². The number of aryl methyl sites for hydroxylation is 1.